The summed E-state index contributed by atoms with van der Waals surface area (Å²) in [7, 11) is 0. The maximum atomic E-state index is 12.8. The highest BCUT2D eigenvalue weighted by atomic mass is 32.1. The second-order valence-electron chi connectivity index (χ2n) is 8.58. The van der Waals surface area contributed by atoms with Crippen molar-refractivity contribution in [1.29, 1.82) is 0 Å². The lowest BCUT2D eigenvalue weighted by molar-refractivity contribution is 0.0931. The van der Waals surface area contributed by atoms with Crippen molar-refractivity contribution < 1.29 is 4.79 Å². The summed E-state index contributed by atoms with van der Waals surface area (Å²) < 4.78 is 0. The van der Waals surface area contributed by atoms with Crippen LogP contribution in [0.2, 0.25) is 0 Å². The van der Waals surface area contributed by atoms with Gasteiger partial charge in [-0.1, -0.05) is 6.07 Å². The third-order valence-corrected chi connectivity index (χ3v) is 7.34. The van der Waals surface area contributed by atoms with Crippen LogP contribution < -0.4 is 5.32 Å². The zero-order valence-corrected chi connectivity index (χ0v) is 17.7. The van der Waals surface area contributed by atoms with Crippen LogP contribution in [0.3, 0.4) is 0 Å². The molecule has 1 aliphatic heterocycles. The van der Waals surface area contributed by atoms with Gasteiger partial charge in [-0.2, -0.15) is 0 Å². The molecule has 29 heavy (non-hydrogen) atoms. The third-order valence-electron chi connectivity index (χ3n) is 6.47. The molecule has 0 bridgehead atoms. The minimum atomic E-state index is 0.0630. The van der Waals surface area contributed by atoms with E-state index in [4.69, 9.17) is 0 Å². The fourth-order valence-corrected chi connectivity index (χ4v) is 5.72. The number of nitrogens with one attached hydrogen (secondary N) is 2. The normalized spacial score (nSPS) is 19.9. The molecule has 4 nitrogen and oxygen atoms in total. The topological polar surface area (TPSA) is 48.1 Å². The summed E-state index contributed by atoms with van der Waals surface area (Å²) >= 11 is 1.83. The number of benzene rings is 1. The monoisotopic (exact) mass is 407 g/mol. The first-order valence-corrected chi connectivity index (χ1v) is 11.8. The Morgan fingerprint density at radius 1 is 1.21 bits per heavy atom. The SMILES string of the molecule is O=C(NCC1CCCN(Cc2cccs2)C1)c1ccc2[nH]c3c(c2c1)CCCC3. The second-order valence-corrected chi connectivity index (χ2v) is 9.61. The van der Waals surface area contributed by atoms with Crippen LogP contribution in [0.4, 0.5) is 0 Å². The van der Waals surface area contributed by atoms with Gasteiger partial charge in [0, 0.05) is 46.7 Å². The lowest BCUT2D eigenvalue weighted by Gasteiger charge is -2.32. The molecule has 1 atom stereocenters. The molecule has 2 N–H and O–H groups in total. The fraction of sp³-hybridized carbons (Fsp3) is 0.458. The lowest BCUT2D eigenvalue weighted by atomic mass is 9.95. The highest BCUT2D eigenvalue weighted by Crippen LogP contribution is 2.29. The number of piperidine rings is 1. The number of H-pyrrole nitrogens is 1. The van der Waals surface area contributed by atoms with E-state index in [1.807, 2.05) is 17.4 Å². The Morgan fingerprint density at radius 3 is 3.03 bits per heavy atom. The van der Waals surface area contributed by atoms with Gasteiger partial charge in [0.05, 0.1) is 0 Å². The summed E-state index contributed by atoms with van der Waals surface area (Å²) in [6, 6.07) is 10.5. The van der Waals surface area contributed by atoms with E-state index in [2.05, 4.69) is 44.8 Å². The van der Waals surface area contributed by atoms with E-state index in [1.54, 1.807) is 0 Å². The summed E-state index contributed by atoms with van der Waals surface area (Å²) in [5.41, 5.74) is 4.76. The molecule has 1 aromatic carbocycles. The number of carbonyl (C=O) groups is 1. The first-order chi connectivity index (χ1) is 14.3. The number of hydrogen-bond donors (Lipinski definition) is 2. The summed E-state index contributed by atoms with van der Waals surface area (Å²) in [5, 5.41) is 6.60. The molecule has 1 saturated heterocycles. The van der Waals surface area contributed by atoms with Crippen molar-refractivity contribution in [2.45, 2.75) is 45.1 Å². The van der Waals surface area contributed by atoms with Gasteiger partial charge in [0.1, 0.15) is 0 Å². The number of amides is 1. The van der Waals surface area contributed by atoms with Gasteiger partial charge in [0.15, 0.2) is 0 Å². The predicted molar refractivity (Wildman–Crippen MR) is 120 cm³/mol. The number of carbonyl (C=O) groups excluding carboxylic acids is 1. The average molecular weight is 408 g/mol. The van der Waals surface area contributed by atoms with E-state index in [-0.39, 0.29) is 5.91 Å². The molecule has 1 fully saturated rings. The van der Waals surface area contributed by atoms with E-state index in [1.165, 1.54) is 52.7 Å². The van der Waals surface area contributed by atoms with E-state index >= 15 is 0 Å². The maximum Gasteiger partial charge on any atom is 0.251 e. The van der Waals surface area contributed by atoms with Crippen molar-refractivity contribution in [2.75, 3.05) is 19.6 Å². The largest absolute Gasteiger partial charge is 0.358 e. The van der Waals surface area contributed by atoms with Crippen molar-refractivity contribution in [1.82, 2.24) is 15.2 Å². The van der Waals surface area contributed by atoms with Gasteiger partial charge in [0.2, 0.25) is 0 Å². The van der Waals surface area contributed by atoms with E-state index in [9.17, 15) is 4.79 Å². The van der Waals surface area contributed by atoms with Gasteiger partial charge in [-0.3, -0.25) is 9.69 Å². The minimum absolute atomic E-state index is 0.0630. The molecule has 0 radical (unpaired) electrons. The molecular formula is C24H29N3OS. The number of nitrogens with zero attached hydrogens (tertiary/aromatic N) is 1. The molecule has 2 aliphatic rings. The molecule has 2 aromatic heterocycles. The van der Waals surface area contributed by atoms with Gasteiger partial charge >= 0.3 is 0 Å². The first-order valence-electron chi connectivity index (χ1n) is 10.9. The van der Waals surface area contributed by atoms with E-state index in [0.29, 0.717) is 5.92 Å². The Bertz CT molecular complexity index is 991. The summed E-state index contributed by atoms with van der Waals surface area (Å²) in [6.07, 6.45) is 7.19. The second kappa shape index (κ2) is 8.33. The van der Waals surface area contributed by atoms with E-state index in [0.717, 1.165) is 44.6 Å². The zero-order chi connectivity index (χ0) is 19.6. The number of likely N-dealkylation sites (tertiary alicyclic amines) is 1. The van der Waals surface area contributed by atoms with Crippen molar-refractivity contribution in [3.8, 4) is 0 Å². The van der Waals surface area contributed by atoms with Crippen LogP contribution in [0.25, 0.3) is 10.9 Å². The highest BCUT2D eigenvalue weighted by molar-refractivity contribution is 7.09. The summed E-state index contributed by atoms with van der Waals surface area (Å²) in [6.45, 7) is 4.04. The van der Waals surface area contributed by atoms with Crippen molar-refractivity contribution in [3.63, 3.8) is 0 Å². The Morgan fingerprint density at radius 2 is 2.14 bits per heavy atom. The fourth-order valence-electron chi connectivity index (χ4n) is 4.97. The number of aromatic amines is 1. The number of aryl methyl sites for hydroxylation is 2. The predicted octanol–water partition coefficient (Wildman–Crippen LogP) is 4.75. The zero-order valence-electron chi connectivity index (χ0n) is 16.9. The maximum absolute atomic E-state index is 12.8. The van der Waals surface area contributed by atoms with Gasteiger partial charge in [-0.15, -0.1) is 11.3 Å². The third kappa shape index (κ3) is 4.12. The number of fused-ring (bicyclic) bond motifs is 3. The quantitative estimate of drug-likeness (QED) is 0.641. The number of thiophene rings is 1. The molecule has 5 rings (SSSR count). The summed E-state index contributed by atoms with van der Waals surface area (Å²) in [5.74, 6) is 0.601. The van der Waals surface area contributed by atoms with Crippen LogP contribution in [-0.2, 0) is 19.4 Å². The average Bonchev–Trinajstić information content (AvgIpc) is 3.39. The standard InChI is InChI=1S/C24H29N3OS/c28-24(18-9-10-23-21(13-18)20-7-1-2-8-22(20)26-23)25-14-17-5-3-11-27(15-17)16-19-6-4-12-29-19/h4,6,9-10,12-13,17,26H,1-3,5,7-8,11,14-16H2,(H,25,28). The van der Waals surface area contributed by atoms with Crippen molar-refractivity contribution in [3.05, 3.63) is 57.4 Å². The van der Waals surface area contributed by atoms with Crippen LogP contribution >= 0.6 is 11.3 Å². The lowest BCUT2D eigenvalue weighted by Crippen LogP contribution is -2.40. The smallest absolute Gasteiger partial charge is 0.251 e. The molecule has 1 aliphatic carbocycles. The Balaban J connectivity index is 1.21. The number of aromatic nitrogens is 1. The minimum Gasteiger partial charge on any atom is -0.358 e. The van der Waals surface area contributed by atoms with Crippen LogP contribution in [0.5, 0.6) is 0 Å². The molecule has 3 aromatic rings. The summed E-state index contributed by atoms with van der Waals surface area (Å²) in [4.78, 5) is 20.3. The molecule has 0 spiro atoms. The Labute approximate surface area is 176 Å². The van der Waals surface area contributed by atoms with Crippen LogP contribution in [0, 0.1) is 5.92 Å². The molecule has 5 heteroatoms. The van der Waals surface area contributed by atoms with Crippen LogP contribution in [0.15, 0.2) is 35.7 Å². The molecular weight excluding hydrogens is 378 g/mol. The van der Waals surface area contributed by atoms with Crippen molar-refractivity contribution in [2.24, 2.45) is 5.92 Å². The van der Waals surface area contributed by atoms with E-state index < -0.39 is 0 Å². The van der Waals surface area contributed by atoms with Gasteiger partial charge < -0.3 is 10.3 Å². The van der Waals surface area contributed by atoms with Gasteiger partial charge in [-0.05, 0) is 86.2 Å². The van der Waals surface area contributed by atoms with Gasteiger partial charge in [-0.25, -0.2) is 0 Å². The number of hydrogen-bond acceptors (Lipinski definition) is 3. The molecule has 3 heterocycles. The van der Waals surface area contributed by atoms with Crippen LogP contribution in [0.1, 0.15) is 52.2 Å². The Kier molecular flexibility index (Phi) is 5.42. The Hall–Kier alpha value is -2.11. The molecule has 152 valence electrons. The van der Waals surface area contributed by atoms with Crippen LogP contribution in [-0.4, -0.2) is 35.4 Å². The van der Waals surface area contributed by atoms with Gasteiger partial charge in [0.25, 0.3) is 5.91 Å². The molecule has 0 saturated carbocycles. The van der Waals surface area contributed by atoms with Crippen molar-refractivity contribution >= 4 is 28.1 Å². The number of rotatable bonds is 5. The first kappa shape index (κ1) is 18.9. The molecule has 1 amide bonds. The highest BCUT2D eigenvalue weighted by Gasteiger charge is 2.21. The molecule has 1 unspecified atom stereocenters.